The van der Waals surface area contributed by atoms with Gasteiger partial charge in [0.25, 0.3) is 0 Å². The van der Waals surface area contributed by atoms with Gasteiger partial charge in [0.2, 0.25) is 12.2 Å². The van der Waals surface area contributed by atoms with Crippen LogP contribution in [0.5, 0.6) is 0 Å². The summed E-state index contributed by atoms with van der Waals surface area (Å²) in [6.45, 7) is 1.74. The van der Waals surface area contributed by atoms with Crippen LogP contribution in [0.15, 0.2) is 12.1 Å². The van der Waals surface area contributed by atoms with Gasteiger partial charge in [0.15, 0.2) is 0 Å². The Labute approximate surface area is 159 Å². The molecule has 0 spiro atoms. The number of alkyl halides is 3. The number of amides is 1. The summed E-state index contributed by atoms with van der Waals surface area (Å²) in [6, 6.07) is 3.80. The number of morpholine rings is 1. The third-order valence-corrected chi connectivity index (χ3v) is 3.61. The Morgan fingerprint density at radius 2 is 2.00 bits per heavy atom. The first-order valence-electron chi connectivity index (χ1n) is 8.02. The molecule has 12 heteroatoms. The molecule has 1 fully saturated rings. The molecule has 0 aromatic carbocycles. The van der Waals surface area contributed by atoms with Crippen molar-refractivity contribution < 1.29 is 42.1 Å². The van der Waals surface area contributed by atoms with Gasteiger partial charge in [-0.2, -0.15) is 13.2 Å². The number of nitrogens with zero attached hydrogens (tertiary/aromatic N) is 2. The fourth-order valence-electron chi connectivity index (χ4n) is 2.22. The van der Waals surface area contributed by atoms with Crippen molar-refractivity contribution in [2.75, 3.05) is 46.3 Å². The average molecular weight is 409 g/mol. The van der Waals surface area contributed by atoms with Crippen molar-refractivity contribution in [1.29, 1.82) is 0 Å². The number of rotatable bonds is 6. The second kappa shape index (κ2) is 10.8. The van der Waals surface area contributed by atoms with Crippen molar-refractivity contribution in [3.63, 3.8) is 0 Å². The van der Waals surface area contributed by atoms with E-state index in [9.17, 15) is 18.0 Å². The lowest BCUT2D eigenvalue weighted by Gasteiger charge is -2.28. The highest BCUT2D eigenvalue weighted by Gasteiger charge is 2.38. The predicted molar refractivity (Wildman–Crippen MR) is 90.5 cm³/mol. The van der Waals surface area contributed by atoms with Gasteiger partial charge in [-0.05, 0) is 11.6 Å². The first kappa shape index (κ1) is 23.6. The Morgan fingerprint density at radius 1 is 1.39 bits per heavy atom. The van der Waals surface area contributed by atoms with E-state index in [0.717, 1.165) is 11.4 Å². The molecule has 2 rings (SSSR count). The van der Waals surface area contributed by atoms with Crippen molar-refractivity contribution in [2.45, 2.75) is 19.0 Å². The Hall–Kier alpha value is -2.44. The molecular weight excluding hydrogens is 387 g/mol. The molecule has 0 saturated carbocycles. The third-order valence-electron chi connectivity index (χ3n) is 3.61. The van der Waals surface area contributed by atoms with Gasteiger partial charge in [0.05, 0.1) is 6.61 Å². The van der Waals surface area contributed by atoms with Crippen LogP contribution in [-0.4, -0.2) is 74.1 Å². The summed E-state index contributed by atoms with van der Waals surface area (Å²) >= 11 is 0. The van der Waals surface area contributed by atoms with Gasteiger partial charge in [-0.15, -0.1) is 0 Å². The molecule has 0 aliphatic carbocycles. The highest BCUT2D eigenvalue weighted by atomic mass is 19.4. The first-order chi connectivity index (χ1) is 13.1. The van der Waals surface area contributed by atoms with Crippen LogP contribution in [0.25, 0.3) is 0 Å². The number of nitrogens with one attached hydrogen (secondary N) is 1. The molecule has 0 atom stereocenters. The quantitative estimate of drug-likeness (QED) is 0.679. The van der Waals surface area contributed by atoms with E-state index in [1.807, 2.05) is 12.1 Å². The molecule has 28 heavy (non-hydrogen) atoms. The number of carbonyl (C=O) groups is 2. The van der Waals surface area contributed by atoms with Crippen LogP contribution in [0.1, 0.15) is 17.5 Å². The summed E-state index contributed by atoms with van der Waals surface area (Å²) in [5.74, 6) is -2.05. The summed E-state index contributed by atoms with van der Waals surface area (Å²) in [5, 5.41) is 10.1. The molecule has 0 bridgehead atoms. The lowest BCUT2D eigenvalue weighted by molar-refractivity contribution is -0.192. The molecular formula is C16H22F3N3O6. The molecule has 1 aliphatic rings. The van der Waals surface area contributed by atoms with Gasteiger partial charge >= 0.3 is 12.1 Å². The molecule has 0 unspecified atom stereocenters. The minimum atomic E-state index is -5.08. The van der Waals surface area contributed by atoms with E-state index in [4.69, 9.17) is 24.1 Å². The number of carboxylic acids is 1. The predicted octanol–water partition coefficient (Wildman–Crippen LogP) is 1.41. The van der Waals surface area contributed by atoms with E-state index in [2.05, 4.69) is 10.3 Å². The minimum absolute atomic E-state index is 0.0173. The van der Waals surface area contributed by atoms with Crippen molar-refractivity contribution in [2.24, 2.45) is 0 Å². The van der Waals surface area contributed by atoms with Gasteiger partial charge in [-0.25, -0.2) is 9.78 Å². The van der Waals surface area contributed by atoms with Crippen LogP contribution in [0, 0.1) is 0 Å². The second-order valence-corrected chi connectivity index (χ2v) is 5.46. The van der Waals surface area contributed by atoms with Crippen molar-refractivity contribution >= 4 is 17.7 Å². The SMILES string of the molecule is CNc1ccc(CN2CCOCC2=O)c(C(OC)OC)n1.O=C(O)C(F)(F)F. The number of aromatic nitrogens is 1. The van der Waals surface area contributed by atoms with Crippen molar-refractivity contribution in [3.8, 4) is 0 Å². The number of pyridine rings is 1. The molecule has 158 valence electrons. The molecule has 0 radical (unpaired) electrons. The maximum atomic E-state index is 11.8. The number of halogens is 3. The van der Waals surface area contributed by atoms with E-state index >= 15 is 0 Å². The van der Waals surface area contributed by atoms with Gasteiger partial charge in [-0.3, -0.25) is 4.79 Å². The molecule has 1 aromatic heterocycles. The largest absolute Gasteiger partial charge is 0.490 e. The number of methoxy groups -OCH3 is 2. The Morgan fingerprint density at radius 3 is 2.46 bits per heavy atom. The van der Waals surface area contributed by atoms with Crippen molar-refractivity contribution in [3.05, 3.63) is 23.4 Å². The standard InChI is InChI=1S/C14H21N3O4.C2HF3O2/c1-15-11-5-4-10(13(16-11)14(19-2)20-3)8-17-6-7-21-9-12(17)18;3-2(4,5)1(6)7/h4-5,14H,6-9H2,1-3H3,(H,15,16);(H,6,7). The number of ether oxygens (including phenoxy) is 3. The van der Waals surface area contributed by atoms with E-state index < -0.39 is 18.4 Å². The molecule has 9 nitrogen and oxygen atoms in total. The zero-order valence-corrected chi connectivity index (χ0v) is 15.6. The zero-order valence-electron chi connectivity index (χ0n) is 15.6. The lowest BCUT2D eigenvalue weighted by Crippen LogP contribution is -2.41. The summed E-state index contributed by atoms with van der Waals surface area (Å²) < 4.78 is 47.5. The number of anilines is 1. The average Bonchev–Trinajstić information content (AvgIpc) is 2.65. The van der Waals surface area contributed by atoms with Crippen LogP contribution < -0.4 is 5.32 Å². The maximum Gasteiger partial charge on any atom is 0.490 e. The molecule has 2 N–H and O–H groups in total. The highest BCUT2D eigenvalue weighted by Crippen LogP contribution is 2.23. The van der Waals surface area contributed by atoms with E-state index in [0.29, 0.717) is 25.4 Å². The summed E-state index contributed by atoms with van der Waals surface area (Å²) in [4.78, 5) is 27.0. The summed E-state index contributed by atoms with van der Waals surface area (Å²) in [6.07, 6.45) is -5.65. The Kier molecular flexibility index (Phi) is 9.09. The molecule has 1 aromatic rings. The topological polar surface area (TPSA) is 110 Å². The Bertz CT molecular complexity index is 668. The molecule has 1 saturated heterocycles. The molecule has 1 amide bonds. The van der Waals surface area contributed by atoms with Crippen LogP contribution >= 0.6 is 0 Å². The van der Waals surface area contributed by atoms with Crippen LogP contribution in [0.2, 0.25) is 0 Å². The van der Waals surface area contributed by atoms with Gasteiger partial charge in [-0.1, -0.05) is 6.07 Å². The normalized spacial score (nSPS) is 14.5. The van der Waals surface area contributed by atoms with E-state index in [1.165, 1.54) is 0 Å². The van der Waals surface area contributed by atoms with Crippen molar-refractivity contribution in [1.82, 2.24) is 9.88 Å². The maximum absolute atomic E-state index is 11.8. The molecule has 2 heterocycles. The Balaban J connectivity index is 0.000000480. The number of carbonyl (C=O) groups excluding carboxylic acids is 1. The van der Waals surface area contributed by atoms with Gasteiger partial charge in [0, 0.05) is 34.4 Å². The number of hydrogen-bond acceptors (Lipinski definition) is 7. The lowest BCUT2D eigenvalue weighted by atomic mass is 10.1. The van der Waals surface area contributed by atoms with Crippen LogP contribution in [0.3, 0.4) is 0 Å². The number of carboxylic acid groups (broad SMARTS) is 1. The minimum Gasteiger partial charge on any atom is -0.475 e. The smallest absolute Gasteiger partial charge is 0.475 e. The highest BCUT2D eigenvalue weighted by molar-refractivity contribution is 5.78. The van der Waals surface area contributed by atoms with Crippen LogP contribution in [0.4, 0.5) is 19.0 Å². The second-order valence-electron chi connectivity index (χ2n) is 5.46. The summed E-state index contributed by atoms with van der Waals surface area (Å²) in [5.41, 5.74) is 1.57. The first-order valence-corrected chi connectivity index (χ1v) is 8.02. The van der Waals surface area contributed by atoms with E-state index in [-0.39, 0.29) is 12.5 Å². The number of aliphatic carboxylic acids is 1. The third kappa shape index (κ3) is 6.94. The number of hydrogen-bond donors (Lipinski definition) is 2. The van der Waals surface area contributed by atoms with Gasteiger partial charge < -0.3 is 29.5 Å². The molecule has 1 aliphatic heterocycles. The zero-order chi connectivity index (χ0) is 21.3. The van der Waals surface area contributed by atoms with Gasteiger partial charge in [0.1, 0.15) is 18.1 Å². The fraction of sp³-hybridized carbons (Fsp3) is 0.562. The summed E-state index contributed by atoms with van der Waals surface area (Å²) in [7, 11) is 4.92. The van der Waals surface area contributed by atoms with E-state index in [1.54, 1.807) is 26.2 Å². The fourth-order valence-corrected chi connectivity index (χ4v) is 2.22. The monoisotopic (exact) mass is 409 g/mol. The van der Waals surface area contributed by atoms with Crippen LogP contribution in [-0.2, 0) is 30.3 Å².